The number of ether oxygens (including phenoxy) is 1. The summed E-state index contributed by atoms with van der Waals surface area (Å²) in [6.45, 7) is 0.956. The Bertz CT molecular complexity index is 704. The highest BCUT2D eigenvalue weighted by Crippen LogP contribution is 2.28. The molecule has 1 fully saturated rings. The van der Waals surface area contributed by atoms with Gasteiger partial charge < -0.3 is 10.1 Å². The van der Waals surface area contributed by atoms with Gasteiger partial charge in [-0.2, -0.15) is 0 Å². The van der Waals surface area contributed by atoms with E-state index in [1.807, 2.05) is 42.5 Å². The smallest absolute Gasteiger partial charge is 0.193 e. The van der Waals surface area contributed by atoms with Crippen LogP contribution in [0.1, 0.15) is 34.3 Å². The van der Waals surface area contributed by atoms with Crippen molar-refractivity contribution in [2.45, 2.75) is 25.4 Å². The lowest BCUT2D eigenvalue weighted by molar-refractivity contribution is 0.103. The Balaban J connectivity index is 1.61. The number of hydrogen-bond donors (Lipinski definition) is 1. The molecular formula is C18H17NO2. The molecule has 1 aliphatic heterocycles. The molecule has 1 aliphatic carbocycles. The molecular weight excluding hydrogens is 262 g/mol. The minimum Gasteiger partial charge on any atom is -0.490 e. The molecule has 0 radical (unpaired) electrons. The zero-order valence-electron chi connectivity index (χ0n) is 11.8. The number of fused-ring (bicyclic) bond motifs is 1. The maximum atomic E-state index is 12.6. The number of anilines is 1. The summed E-state index contributed by atoms with van der Waals surface area (Å²) in [7, 11) is 0. The number of benzene rings is 2. The second-order valence-electron chi connectivity index (χ2n) is 5.72. The van der Waals surface area contributed by atoms with E-state index in [4.69, 9.17) is 4.74 Å². The molecule has 0 amide bonds. The Morgan fingerprint density at radius 3 is 2.81 bits per heavy atom. The summed E-state index contributed by atoms with van der Waals surface area (Å²) >= 11 is 0. The van der Waals surface area contributed by atoms with Crippen LogP contribution in [-0.2, 0) is 6.42 Å². The van der Waals surface area contributed by atoms with Gasteiger partial charge >= 0.3 is 0 Å². The van der Waals surface area contributed by atoms with E-state index in [0.717, 1.165) is 42.8 Å². The minimum absolute atomic E-state index is 0.0611. The Morgan fingerprint density at radius 1 is 1.10 bits per heavy atom. The van der Waals surface area contributed by atoms with E-state index in [1.165, 1.54) is 5.56 Å². The topological polar surface area (TPSA) is 38.3 Å². The number of hydrogen-bond acceptors (Lipinski definition) is 3. The van der Waals surface area contributed by atoms with E-state index in [9.17, 15) is 4.79 Å². The van der Waals surface area contributed by atoms with Crippen molar-refractivity contribution < 1.29 is 9.53 Å². The molecule has 106 valence electrons. The molecule has 0 spiro atoms. The van der Waals surface area contributed by atoms with Crippen LogP contribution in [0.5, 0.6) is 5.75 Å². The van der Waals surface area contributed by atoms with Crippen LogP contribution in [0.15, 0.2) is 42.5 Å². The molecule has 2 aromatic carbocycles. The second-order valence-corrected chi connectivity index (χ2v) is 5.72. The SMILES string of the molecule is O=C(c1cccc(OC2CC2)c1)c1ccc2c(c1)CCN2. The number of nitrogens with one attached hydrogen (secondary N) is 1. The van der Waals surface area contributed by atoms with Gasteiger partial charge in [0.05, 0.1) is 6.10 Å². The van der Waals surface area contributed by atoms with Gasteiger partial charge in [-0.05, 0) is 55.2 Å². The van der Waals surface area contributed by atoms with Gasteiger partial charge in [-0.1, -0.05) is 12.1 Å². The molecule has 0 bridgehead atoms. The molecule has 4 rings (SSSR count). The predicted molar refractivity (Wildman–Crippen MR) is 82.2 cm³/mol. The van der Waals surface area contributed by atoms with Crippen molar-refractivity contribution in [3.63, 3.8) is 0 Å². The molecule has 1 heterocycles. The van der Waals surface area contributed by atoms with Crippen LogP contribution >= 0.6 is 0 Å². The van der Waals surface area contributed by atoms with Gasteiger partial charge in [0.25, 0.3) is 0 Å². The van der Waals surface area contributed by atoms with Gasteiger partial charge in [-0.3, -0.25) is 4.79 Å². The first kappa shape index (κ1) is 12.5. The summed E-state index contributed by atoms with van der Waals surface area (Å²) in [5.41, 5.74) is 3.82. The monoisotopic (exact) mass is 279 g/mol. The summed E-state index contributed by atoms with van der Waals surface area (Å²) < 4.78 is 5.76. The van der Waals surface area contributed by atoms with Gasteiger partial charge in [-0.15, -0.1) is 0 Å². The van der Waals surface area contributed by atoms with Crippen LogP contribution in [0.2, 0.25) is 0 Å². The average Bonchev–Trinajstić information content (AvgIpc) is 3.20. The third-order valence-corrected chi connectivity index (χ3v) is 4.00. The molecule has 0 atom stereocenters. The lowest BCUT2D eigenvalue weighted by Crippen LogP contribution is -2.03. The first-order chi connectivity index (χ1) is 10.3. The average molecular weight is 279 g/mol. The Kier molecular flexibility index (Phi) is 2.92. The van der Waals surface area contributed by atoms with Gasteiger partial charge in [-0.25, -0.2) is 0 Å². The number of carbonyl (C=O) groups excluding carboxylic acids is 1. The summed E-state index contributed by atoms with van der Waals surface area (Å²) in [4.78, 5) is 12.6. The summed E-state index contributed by atoms with van der Waals surface area (Å²) in [5, 5.41) is 3.31. The summed E-state index contributed by atoms with van der Waals surface area (Å²) in [6.07, 6.45) is 3.58. The van der Waals surface area contributed by atoms with Crippen molar-refractivity contribution in [1.29, 1.82) is 0 Å². The van der Waals surface area contributed by atoms with E-state index in [0.29, 0.717) is 11.7 Å². The zero-order valence-corrected chi connectivity index (χ0v) is 11.8. The molecule has 2 aliphatic rings. The normalized spacial score (nSPS) is 16.2. The molecule has 2 aromatic rings. The van der Waals surface area contributed by atoms with Gasteiger partial charge in [0.2, 0.25) is 0 Å². The lowest BCUT2D eigenvalue weighted by Gasteiger charge is -2.07. The lowest BCUT2D eigenvalue weighted by atomic mass is 10.00. The van der Waals surface area contributed by atoms with E-state index in [2.05, 4.69) is 5.32 Å². The standard InChI is InChI=1S/C18H17NO2/c20-18(14-4-7-17-12(10-14)8-9-19-17)13-2-1-3-16(11-13)21-15-5-6-15/h1-4,7,10-11,15,19H,5-6,8-9H2. The molecule has 0 unspecified atom stereocenters. The van der Waals surface area contributed by atoms with Crippen LogP contribution in [0.25, 0.3) is 0 Å². The van der Waals surface area contributed by atoms with E-state index in [-0.39, 0.29) is 5.78 Å². The summed E-state index contributed by atoms with van der Waals surface area (Å²) in [5.74, 6) is 0.858. The minimum atomic E-state index is 0.0611. The van der Waals surface area contributed by atoms with Gasteiger partial charge in [0.15, 0.2) is 5.78 Å². The van der Waals surface area contributed by atoms with Crippen molar-refractivity contribution in [2.75, 3.05) is 11.9 Å². The molecule has 21 heavy (non-hydrogen) atoms. The number of rotatable bonds is 4. The third kappa shape index (κ3) is 2.51. The molecule has 1 saturated carbocycles. The number of ketones is 1. The van der Waals surface area contributed by atoms with Crippen molar-refractivity contribution >= 4 is 11.5 Å². The largest absolute Gasteiger partial charge is 0.490 e. The third-order valence-electron chi connectivity index (χ3n) is 4.00. The van der Waals surface area contributed by atoms with Crippen LogP contribution in [0.3, 0.4) is 0 Å². The molecule has 1 N–H and O–H groups in total. The second kappa shape index (κ2) is 4.92. The van der Waals surface area contributed by atoms with Crippen LogP contribution in [-0.4, -0.2) is 18.4 Å². The fourth-order valence-electron chi connectivity index (χ4n) is 2.70. The van der Waals surface area contributed by atoms with Gasteiger partial charge in [0.1, 0.15) is 5.75 Å². The molecule has 3 heteroatoms. The first-order valence-electron chi connectivity index (χ1n) is 7.48. The molecule has 0 aromatic heterocycles. The zero-order chi connectivity index (χ0) is 14.2. The Morgan fingerprint density at radius 2 is 1.95 bits per heavy atom. The highest BCUT2D eigenvalue weighted by Gasteiger charge is 2.23. The number of carbonyl (C=O) groups is 1. The Hall–Kier alpha value is -2.29. The quantitative estimate of drug-likeness (QED) is 0.871. The van der Waals surface area contributed by atoms with Gasteiger partial charge in [0, 0.05) is 23.4 Å². The van der Waals surface area contributed by atoms with E-state index >= 15 is 0 Å². The fourth-order valence-corrected chi connectivity index (χ4v) is 2.70. The van der Waals surface area contributed by atoms with E-state index < -0.39 is 0 Å². The van der Waals surface area contributed by atoms with Crippen molar-refractivity contribution in [2.24, 2.45) is 0 Å². The molecule has 0 saturated heterocycles. The van der Waals surface area contributed by atoms with Crippen molar-refractivity contribution in [3.8, 4) is 5.75 Å². The van der Waals surface area contributed by atoms with Crippen LogP contribution in [0.4, 0.5) is 5.69 Å². The van der Waals surface area contributed by atoms with Crippen molar-refractivity contribution in [1.82, 2.24) is 0 Å². The van der Waals surface area contributed by atoms with Crippen molar-refractivity contribution in [3.05, 3.63) is 59.2 Å². The van der Waals surface area contributed by atoms with Crippen LogP contribution in [0, 0.1) is 0 Å². The highest BCUT2D eigenvalue weighted by molar-refractivity contribution is 6.09. The summed E-state index contributed by atoms with van der Waals surface area (Å²) in [6, 6.07) is 13.4. The Labute approximate surface area is 123 Å². The fraction of sp³-hybridized carbons (Fsp3) is 0.278. The predicted octanol–water partition coefficient (Wildman–Crippen LogP) is 3.43. The first-order valence-corrected chi connectivity index (χ1v) is 7.48. The maximum absolute atomic E-state index is 12.6. The maximum Gasteiger partial charge on any atom is 0.193 e. The highest BCUT2D eigenvalue weighted by atomic mass is 16.5. The van der Waals surface area contributed by atoms with Crippen LogP contribution < -0.4 is 10.1 Å². The molecule has 3 nitrogen and oxygen atoms in total. The van der Waals surface area contributed by atoms with E-state index in [1.54, 1.807) is 0 Å².